The highest BCUT2D eigenvalue weighted by Gasteiger charge is 2.03. The molecule has 76 valence electrons. The van der Waals surface area contributed by atoms with Crippen molar-refractivity contribution in [3.8, 4) is 11.3 Å². The largest absolute Gasteiger partial charge is 0.326 e. The molecule has 3 nitrogen and oxygen atoms in total. The second-order valence-electron chi connectivity index (χ2n) is 3.47. The van der Waals surface area contributed by atoms with Crippen LogP contribution >= 0.6 is 0 Å². The molecular formula is C12H13N3. The summed E-state index contributed by atoms with van der Waals surface area (Å²) in [4.78, 5) is 0. The molecule has 2 aromatic rings. The summed E-state index contributed by atoms with van der Waals surface area (Å²) in [5.41, 5.74) is 9.76. The fraction of sp³-hybridized carbons (Fsp3) is 0.167. The normalized spacial score (nSPS) is 10.3. The van der Waals surface area contributed by atoms with Crippen LogP contribution in [0.1, 0.15) is 11.1 Å². The van der Waals surface area contributed by atoms with Gasteiger partial charge >= 0.3 is 0 Å². The predicted octanol–water partition coefficient (Wildman–Crippen LogP) is 1.91. The quantitative estimate of drug-likeness (QED) is 0.803. The second-order valence-corrected chi connectivity index (χ2v) is 3.47. The van der Waals surface area contributed by atoms with Crippen LogP contribution in [0.3, 0.4) is 0 Å². The van der Waals surface area contributed by atoms with Gasteiger partial charge in [0.1, 0.15) is 0 Å². The summed E-state index contributed by atoms with van der Waals surface area (Å²) in [5, 5.41) is 8.06. The zero-order valence-electron chi connectivity index (χ0n) is 8.64. The molecule has 0 bridgehead atoms. The molecule has 3 heteroatoms. The molecule has 0 spiro atoms. The van der Waals surface area contributed by atoms with Gasteiger partial charge < -0.3 is 5.73 Å². The van der Waals surface area contributed by atoms with Crippen molar-refractivity contribution in [2.45, 2.75) is 13.5 Å². The van der Waals surface area contributed by atoms with Gasteiger partial charge in [-0.2, -0.15) is 10.2 Å². The third-order valence-electron chi connectivity index (χ3n) is 2.37. The lowest BCUT2D eigenvalue weighted by Crippen LogP contribution is -1.99. The first-order valence-electron chi connectivity index (χ1n) is 4.89. The maximum absolute atomic E-state index is 5.57. The number of hydrogen-bond acceptors (Lipinski definition) is 3. The molecular weight excluding hydrogens is 186 g/mol. The fourth-order valence-corrected chi connectivity index (χ4v) is 1.51. The third-order valence-corrected chi connectivity index (χ3v) is 2.37. The van der Waals surface area contributed by atoms with E-state index in [0.717, 1.165) is 16.8 Å². The van der Waals surface area contributed by atoms with Crippen molar-refractivity contribution in [3.63, 3.8) is 0 Å². The average Bonchev–Trinajstić information content (AvgIpc) is 2.30. The molecule has 1 heterocycles. The topological polar surface area (TPSA) is 51.8 Å². The molecule has 2 rings (SSSR count). The van der Waals surface area contributed by atoms with Crippen molar-refractivity contribution in [1.82, 2.24) is 10.2 Å². The Bertz CT molecular complexity index is 466. The van der Waals surface area contributed by atoms with E-state index in [1.165, 1.54) is 5.56 Å². The van der Waals surface area contributed by atoms with E-state index in [1.807, 2.05) is 24.3 Å². The third kappa shape index (κ3) is 2.02. The number of hydrogen-bond donors (Lipinski definition) is 1. The van der Waals surface area contributed by atoms with Crippen molar-refractivity contribution < 1.29 is 0 Å². The van der Waals surface area contributed by atoms with Crippen LogP contribution in [0.4, 0.5) is 0 Å². The van der Waals surface area contributed by atoms with E-state index < -0.39 is 0 Å². The minimum Gasteiger partial charge on any atom is -0.326 e. The van der Waals surface area contributed by atoms with E-state index in [4.69, 9.17) is 5.73 Å². The zero-order valence-corrected chi connectivity index (χ0v) is 8.64. The molecule has 0 atom stereocenters. The van der Waals surface area contributed by atoms with Gasteiger partial charge in [0.2, 0.25) is 0 Å². The molecule has 0 amide bonds. The Hall–Kier alpha value is -1.74. The highest BCUT2D eigenvalue weighted by atomic mass is 15.1. The SMILES string of the molecule is Cc1ccccc1-c1cc(CN)cnn1. The molecule has 0 fully saturated rings. The lowest BCUT2D eigenvalue weighted by Gasteiger charge is -2.04. The van der Waals surface area contributed by atoms with Gasteiger partial charge in [0.05, 0.1) is 11.9 Å². The lowest BCUT2D eigenvalue weighted by molar-refractivity contribution is 0.970. The number of aryl methyl sites for hydroxylation is 1. The summed E-state index contributed by atoms with van der Waals surface area (Å²) in [6, 6.07) is 10.1. The molecule has 1 aromatic heterocycles. The standard InChI is InChI=1S/C12H13N3/c1-9-4-2-3-5-11(9)12-6-10(7-13)8-14-15-12/h2-6,8H,7,13H2,1H3. The highest BCUT2D eigenvalue weighted by molar-refractivity contribution is 5.63. The van der Waals surface area contributed by atoms with Crippen LogP contribution in [0, 0.1) is 6.92 Å². The smallest absolute Gasteiger partial charge is 0.0935 e. The molecule has 0 saturated carbocycles. The summed E-state index contributed by atoms with van der Waals surface area (Å²) in [6.45, 7) is 2.56. The molecule has 0 unspecified atom stereocenters. The maximum atomic E-state index is 5.57. The summed E-state index contributed by atoms with van der Waals surface area (Å²) in [7, 11) is 0. The first kappa shape index (κ1) is 9.80. The van der Waals surface area contributed by atoms with E-state index in [2.05, 4.69) is 23.2 Å². The first-order chi connectivity index (χ1) is 7.31. The molecule has 0 aliphatic carbocycles. The van der Waals surface area contributed by atoms with E-state index >= 15 is 0 Å². The Labute approximate surface area is 89.0 Å². The first-order valence-corrected chi connectivity index (χ1v) is 4.89. The van der Waals surface area contributed by atoms with Crippen molar-refractivity contribution in [3.05, 3.63) is 47.7 Å². The van der Waals surface area contributed by atoms with E-state index in [0.29, 0.717) is 6.54 Å². The molecule has 0 aliphatic heterocycles. The molecule has 0 aliphatic rings. The van der Waals surface area contributed by atoms with Gasteiger partial charge in [0.15, 0.2) is 0 Å². The van der Waals surface area contributed by atoms with Crippen LogP contribution in [-0.4, -0.2) is 10.2 Å². The molecule has 2 N–H and O–H groups in total. The number of rotatable bonds is 2. The summed E-state index contributed by atoms with van der Waals surface area (Å²) in [5.74, 6) is 0. The minimum absolute atomic E-state index is 0.494. The summed E-state index contributed by atoms with van der Waals surface area (Å²) in [6.07, 6.45) is 1.70. The molecule has 0 radical (unpaired) electrons. The van der Waals surface area contributed by atoms with Crippen molar-refractivity contribution in [2.24, 2.45) is 5.73 Å². The summed E-state index contributed by atoms with van der Waals surface area (Å²) >= 11 is 0. The van der Waals surface area contributed by atoms with Crippen LogP contribution in [0.15, 0.2) is 36.5 Å². The van der Waals surface area contributed by atoms with Crippen molar-refractivity contribution >= 4 is 0 Å². The molecule has 0 saturated heterocycles. The molecule has 1 aromatic carbocycles. The van der Waals surface area contributed by atoms with E-state index in [9.17, 15) is 0 Å². The number of nitrogens with two attached hydrogens (primary N) is 1. The Morgan fingerprint density at radius 2 is 2.07 bits per heavy atom. The Balaban J connectivity index is 2.49. The number of nitrogens with zero attached hydrogens (tertiary/aromatic N) is 2. The van der Waals surface area contributed by atoms with Gasteiger partial charge in [-0.05, 0) is 24.1 Å². The summed E-state index contributed by atoms with van der Waals surface area (Å²) < 4.78 is 0. The van der Waals surface area contributed by atoms with Gasteiger partial charge in [0, 0.05) is 12.1 Å². The van der Waals surface area contributed by atoms with Gasteiger partial charge in [-0.25, -0.2) is 0 Å². The lowest BCUT2D eigenvalue weighted by atomic mass is 10.0. The van der Waals surface area contributed by atoms with Gasteiger partial charge in [-0.3, -0.25) is 0 Å². The average molecular weight is 199 g/mol. The van der Waals surface area contributed by atoms with Crippen molar-refractivity contribution in [2.75, 3.05) is 0 Å². The van der Waals surface area contributed by atoms with Crippen LogP contribution in [-0.2, 0) is 6.54 Å². The predicted molar refractivity (Wildman–Crippen MR) is 60.1 cm³/mol. The second kappa shape index (κ2) is 4.19. The Kier molecular flexibility index (Phi) is 2.74. The van der Waals surface area contributed by atoms with Gasteiger partial charge in [-0.15, -0.1) is 0 Å². The van der Waals surface area contributed by atoms with E-state index in [-0.39, 0.29) is 0 Å². The van der Waals surface area contributed by atoms with Gasteiger partial charge in [0.25, 0.3) is 0 Å². The van der Waals surface area contributed by atoms with Crippen molar-refractivity contribution in [1.29, 1.82) is 0 Å². The maximum Gasteiger partial charge on any atom is 0.0935 e. The van der Waals surface area contributed by atoms with Crippen LogP contribution < -0.4 is 5.73 Å². The zero-order chi connectivity index (χ0) is 10.7. The van der Waals surface area contributed by atoms with Crippen LogP contribution in [0.25, 0.3) is 11.3 Å². The fourth-order valence-electron chi connectivity index (χ4n) is 1.51. The van der Waals surface area contributed by atoms with Crippen LogP contribution in [0.2, 0.25) is 0 Å². The van der Waals surface area contributed by atoms with E-state index in [1.54, 1.807) is 6.20 Å². The Morgan fingerprint density at radius 3 is 2.80 bits per heavy atom. The minimum atomic E-state index is 0.494. The Morgan fingerprint density at radius 1 is 1.27 bits per heavy atom. The number of aromatic nitrogens is 2. The van der Waals surface area contributed by atoms with Gasteiger partial charge in [-0.1, -0.05) is 24.3 Å². The number of benzene rings is 1. The van der Waals surface area contributed by atoms with Crippen LogP contribution in [0.5, 0.6) is 0 Å². The highest BCUT2D eigenvalue weighted by Crippen LogP contribution is 2.20. The monoisotopic (exact) mass is 199 g/mol. The molecule has 15 heavy (non-hydrogen) atoms.